The fourth-order valence-corrected chi connectivity index (χ4v) is 0.587. The minimum atomic E-state index is -2.86. The lowest BCUT2D eigenvalue weighted by atomic mass is 10.2. The van der Waals surface area contributed by atoms with Crippen LogP contribution >= 0.6 is 0 Å². The van der Waals surface area contributed by atoms with E-state index < -0.39 is 11.4 Å². The first-order valence-corrected chi connectivity index (χ1v) is 4.16. The molecule has 1 rings (SSSR count). The lowest BCUT2D eigenvalue weighted by molar-refractivity contribution is 0.436. The molecule has 0 fully saturated rings. The van der Waals surface area contributed by atoms with Gasteiger partial charge >= 0.3 is 0 Å². The van der Waals surface area contributed by atoms with Gasteiger partial charge in [-0.15, -0.1) is 0 Å². The van der Waals surface area contributed by atoms with Crippen molar-refractivity contribution in [3.05, 3.63) is 29.8 Å². The molecule has 68 valence electrons. The summed E-state index contributed by atoms with van der Waals surface area (Å²) < 4.78 is 24.1. The van der Waals surface area contributed by atoms with E-state index in [4.69, 9.17) is 19.0 Å². The van der Waals surface area contributed by atoms with Crippen molar-refractivity contribution in [1.82, 2.24) is 0 Å². The Morgan fingerprint density at radius 3 is 2.17 bits per heavy atom. The zero-order valence-electron chi connectivity index (χ0n) is 6.56. The first-order valence-electron chi connectivity index (χ1n) is 3.13. The summed E-state index contributed by atoms with van der Waals surface area (Å²) in [6.07, 6.45) is 0. The molecule has 1 atom stereocenters. The SMILES string of the molecule is Cc1ccccc1N.O=S([O-])O. The average molecular weight is 188 g/mol. The van der Waals surface area contributed by atoms with Crippen molar-refractivity contribution in [2.45, 2.75) is 6.92 Å². The topological polar surface area (TPSA) is 86.4 Å². The van der Waals surface area contributed by atoms with Crippen LogP contribution in [0.25, 0.3) is 0 Å². The number of hydrogen-bond donors (Lipinski definition) is 2. The summed E-state index contributed by atoms with van der Waals surface area (Å²) in [6, 6.07) is 7.80. The van der Waals surface area contributed by atoms with Crippen molar-refractivity contribution in [3.63, 3.8) is 0 Å². The molecule has 0 radical (unpaired) electrons. The third kappa shape index (κ3) is 5.84. The van der Waals surface area contributed by atoms with Crippen molar-refractivity contribution in [1.29, 1.82) is 0 Å². The van der Waals surface area contributed by atoms with Crippen LogP contribution in [0.5, 0.6) is 0 Å². The van der Waals surface area contributed by atoms with Crippen LogP contribution in [0.2, 0.25) is 0 Å². The zero-order valence-corrected chi connectivity index (χ0v) is 7.38. The molecule has 0 saturated heterocycles. The van der Waals surface area contributed by atoms with E-state index in [9.17, 15) is 0 Å². The molecule has 0 aliphatic heterocycles. The second-order valence-electron chi connectivity index (χ2n) is 2.07. The van der Waals surface area contributed by atoms with Gasteiger partial charge < -0.3 is 14.8 Å². The normalized spacial score (nSPS) is 11.2. The number of para-hydroxylation sites is 1. The predicted octanol–water partition coefficient (Wildman–Crippen LogP) is 0.916. The van der Waals surface area contributed by atoms with Crippen LogP contribution in [0, 0.1) is 6.92 Å². The van der Waals surface area contributed by atoms with Crippen LogP contribution in [0.3, 0.4) is 0 Å². The Bertz CT molecular complexity index is 240. The Balaban J connectivity index is 0.000000261. The second kappa shape index (κ2) is 5.70. The van der Waals surface area contributed by atoms with Crippen LogP contribution in [0.15, 0.2) is 24.3 Å². The third-order valence-electron chi connectivity index (χ3n) is 1.19. The van der Waals surface area contributed by atoms with Crippen molar-refractivity contribution in [2.24, 2.45) is 0 Å². The molecule has 1 aromatic carbocycles. The third-order valence-corrected chi connectivity index (χ3v) is 1.19. The molecule has 1 aromatic rings. The van der Waals surface area contributed by atoms with E-state index in [-0.39, 0.29) is 0 Å². The van der Waals surface area contributed by atoms with Gasteiger partial charge in [-0.05, 0) is 18.6 Å². The summed E-state index contributed by atoms with van der Waals surface area (Å²) in [5.74, 6) is 0. The molecular formula is C7H10NO3S-. The summed E-state index contributed by atoms with van der Waals surface area (Å²) >= 11 is -2.86. The first kappa shape index (κ1) is 11.1. The van der Waals surface area contributed by atoms with Crippen LogP contribution in [0.4, 0.5) is 5.69 Å². The fraction of sp³-hybridized carbons (Fsp3) is 0.143. The number of rotatable bonds is 0. The van der Waals surface area contributed by atoms with E-state index in [2.05, 4.69) is 0 Å². The molecule has 0 saturated carbocycles. The van der Waals surface area contributed by atoms with Crippen molar-refractivity contribution < 1.29 is 13.3 Å². The van der Waals surface area contributed by atoms with Gasteiger partial charge in [0.25, 0.3) is 0 Å². The molecule has 5 heteroatoms. The van der Waals surface area contributed by atoms with E-state index in [0.717, 1.165) is 11.3 Å². The number of nitrogen functional groups attached to an aromatic ring is 1. The van der Waals surface area contributed by atoms with Gasteiger partial charge in [-0.1, -0.05) is 18.2 Å². The van der Waals surface area contributed by atoms with Gasteiger partial charge in [0.1, 0.15) is 0 Å². The molecule has 0 spiro atoms. The Morgan fingerprint density at radius 2 is 1.92 bits per heavy atom. The lowest BCUT2D eigenvalue weighted by Crippen LogP contribution is -1.85. The molecular weight excluding hydrogens is 178 g/mol. The first-order chi connectivity index (χ1) is 5.54. The Hall–Kier alpha value is -0.910. The van der Waals surface area contributed by atoms with Gasteiger partial charge in [-0.25, -0.2) is 4.21 Å². The highest BCUT2D eigenvalue weighted by molar-refractivity contribution is 7.73. The van der Waals surface area contributed by atoms with E-state index in [1.54, 1.807) is 0 Å². The maximum atomic E-state index is 8.56. The monoisotopic (exact) mass is 188 g/mol. The zero-order chi connectivity index (χ0) is 9.56. The van der Waals surface area contributed by atoms with Gasteiger partial charge in [0.05, 0.1) is 11.4 Å². The van der Waals surface area contributed by atoms with Crippen LogP contribution in [0.1, 0.15) is 5.56 Å². The minimum Gasteiger partial charge on any atom is -0.750 e. The Kier molecular flexibility index (Phi) is 5.27. The van der Waals surface area contributed by atoms with Crippen LogP contribution < -0.4 is 5.73 Å². The van der Waals surface area contributed by atoms with E-state index in [1.807, 2.05) is 31.2 Å². The highest BCUT2D eigenvalue weighted by atomic mass is 32.2. The van der Waals surface area contributed by atoms with Gasteiger partial charge in [0.15, 0.2) is 0 Å². The quantitative estimate of drug-likeness (QED) is 0.468. The molecule has 0 aliphatic carbocycles. The maximum Gasteiger partial charge on any atom is 0.0814 e. The highest BCUT2D eigenvalue weighted by Crippen LogP contribution is 2.06. The molecule has 0 aliphatic rings. The van der Waals surface area contributed by atoms with Crippen molar-refractivity contribution in [3.8, 4) is 0 Å². The van der Waals surface area contributed by atoms with Crippen LogP contribution in [-0.2, 0) is 11.4 Å². The molecule has 3 N–H and O–H groups in total. The number of anilines is 1. The Labute approximate surface area is 73.5 Å². The second-order valence-corrected chi connectivity index (χ2v) is 2.51. The summed E-state index contributed by atoms with van der Waals surface area (Å²) in [4.78, 5) is 0. The van der Waals surface area contributed by atoms with Crippen molar-refractivity contribution >= 4 is 17.0 Å². The van der Waals surface area contributed by atoms with Gasteiger partial charge in [-0.2, -0.15) is 0 Å². The minimum absolute atomic E-state index is 0.868. The molecule has 0 bridgehead atoms. The largest absolute Gasteiger partial charge is 0.750 e. The van der Waals surface area contributed by atoms with Gasteiger partial charge in [-0.3, -0.25) is 0 Å². The summed E-state index contributed by atoms with van der Waals surface area (Å²) in [6.45, 7) is 2.00. The molecule has 1 unspecified atom stereocenters. The molecule has 0 aromatic heterocycles. The van der Waals surface area contributed by atoms with Crippen molar-refractivity contribution in [2.75, 3.05) is 5.73 Å². The molecule has 12 heavy (non-hydrogen) atoms. The number of nitrogens with two attached hydrogens (primary N) is 1. The molecule has 4 nitrogen and oxygen atoms in total. The maximum absolute atomic E-state index is 8.56. The number of hydrogen-bond acceptors (Lipinski definition) is 3. The van der Waals surface area contributed by atoms with E-state index in [0.29, 0.717) is 0 Å². The van der Waals surface area contributed by atoms with Crippen LogP contribution in [-0.4, -0.2) is 13.3 Å². The Morgan fingerprint density at radius 1 is 1.50 bits per heavy atom. The van der Waals surface area contributed by atoms with Gasteiger partial charge in [0, 0.05) is 5.69 Å². The summed E-state index contributed by atoms with van der Waals surface area (Å²) in [5.41, 5.74) is 7.53. The summed E-state index contributed by atoms with van der Waals surface area (Å²) in [7, 11) is 0. The summed E-state index contributed by atoms with van der Waals surface area (Å²) in [5, 5.41) is 0. The number of aryl methyl sites for hydroxylation is 1. The standard InChI is InChI=1S/C7H9N.H2O3S/c1-6-4-2-3-5-7(6)8;1-4(2)3/h2-5H,8H2,1H3;(H2,1,2,3)/p-1. The highest BCUT2D eigenvalue weighted by Gasteiger charge is 1.84. The van der Waals surface area contributed by atoms with E-state index in [1.165, 1.54) is 0 Å². The molecule has 0 amide bonds. The van der Waals surface area contributed by atoms with E-state index >= 15 is 0 Å². The molecule has 0 heterocycles. The predicted molar refractivity (Wildman–Crippen MR) is 47.1 cm³/mol. The lowest BCUT2D eigenvalue weighted by Gasteiger charge is -1.93. The number of benzene rings is 1. The average Bonchev–Trinajstić information content (AvgIpc) is 1.94. The van der Waals surface area contributed by atoms with Gasteiger partial charge in [0.2, 0.25) is 0 Å². The fourth-order valence-electron chi connectivity index (χ4n) is 0.587. The smallest absolute Gasteiger partial charge is 0.0814 e.